The Morgan fingerprint density at radius 2 is 2.15 bits per heavy atom. The number of hydrogen-bond donors (Lipinski definition) is 1. The van der Waals surface area contributed by atoms with Crippen LogP contribution >= 0.6 is 24.0 Å². The summed E-state index contributed by atoms with van der Waals surface area (Å²) in [5, 5.41) is 3.26. The Morgan fingerprint density at radius 1 is 1.37 bits per heavy atom. The van der Waals surface area contributed by atoms with Crippen molar-refractivity contribution in [2.45, 2.75) is 32.7 Å². The molecule has 1 N–H and O–H groups in total. The molecule has 154 valence electrons. The zero-order valence-electron chi connectivity index (χ0n) is 16.0. The molecule has 0 unspecified atom stereocenters. The molecule has 5 nitrogen and oxygen atoms in total. The minimum Gasteiger partial charge on any atom is -0.488 e. The average Bonchev–Trinajstić information content (AvgIpc) is 3.45. The van der Waals surface area contributed by atoms with Crippen LogP contribution in [0.25, 0.3) is 0 Å². The number of ether oxygens (including phenoxy) is 2. The maximum absolute atomic E-state index is 12.3. The summed E-state index contributed by atoms with van der Waals surface area (Å²) in [5.74, 6) is 1.99. The maximum Gasteiger partial charge on any atom is 0.272 e. The van der Waals surface area contributed by atoms with Crippen LogP contribution in [0.5, 0.6) is 5.75 Å². The van der Waals surface area contributed by atoms with E-state index >= 15 is 0 Å². The second-order valence-electron chi connectivity index (χ2n) is 6.46. The molecule has 1 aromatic carbocycles. The van der Waals surface area contributed by atoms with Crippen LogP contribution in [-0.2, 0) is 11.3 Å². The van der Waals surface area contributed by atoms with Crippen LogP contribution in [0.1, 0.15) is 25.3 Å². The fourth-order valence-electron chi connectivity index (χ4n) is 2.37. The molecule has 0 bridgehead atoms. The molecule has 1 aliphatic rings. The van der Waals surface area contributed by atoms with Crippen molar-refractivity contribution in [1.29, 1.82) is 0 Å². The van der Waals surface area contributed by atoms with Crippen LogP contribution < -0.4 is 10.1 Å². The van der Waals surface area contributed by atoms with Gasteiger partial charge in [0.15, 0.2) is 5.96 Å². The van der Waals surface area contributed by atoms with Crippen molar-refractivity contribution in [3.63, 3.8) is 0 Å². The molecule has 1 fully saturated rings. The van der Waals surface area contributed by atoms with Gasteiger partial charge in [-0.15, -0.1) is 24.0 Å². The first-order chi connectivity index (χ1) is 12.6. The highest BCUT2D eigenvalue weighted by molar-refractivity contribution is 14.0. The summed E-state index contributed by atoms with van der Waals surface area (Å²) in [6, 6.07) is 7.10. The minimum atomic E-state index is -2.48. The fourth-order valence-corrected chi connectivity index (χ4v) is 2.37. The monoisotopic (exact) mass is 497 g/mol. The first-order valence-electron chi connectivity index (χ1n) is 9.15. The quantitative estimate of drug-likeness (QED) is 0.219. The number of alkyl halides is 2. The van der Waals surface area contributed by atoms with E-state index in [1.54, 1.807) is 18.2 Å². The molecule has 0 amide bonds. The summed E-state index contributed by atoms with van der Waals surface area (Å²) >= 11 is 0. The minimum absolute atomic E-state index is 0. The van der Waals surface area contributed by atoms with Gasteiger partial charge in [0.05, 0.1) is 13.2 Å². The van der Waals surface area contributed by atoms with E-state index in [-0.39, 0.29) is 24.0 Å². The largest absolute Gasteiger partial charge is 0.488 e. The summed E-state index contributed by atoms with van der Waals surface area (Å²) in [4.78, 5) is 6.65. The van der Waals surface area contributed by atoms with Gasteiger partial charge < -0.3 is 19.7 Å². The van der Waals surface area contributed by atoms with Gasteiger partial charge in [0.25, 0.3) is 6.43 Å². The van der Waals surface area contributed by atoms with Gasteiger partial charge >= 0.3 is 0 Å². The average molecular weight is 497 g/mol. The van der Waals surface area contributed by atoms with Crippen LogP contribution in [-0.4, -0.2) is 57.2 Å². The standard InChI is InChI=1S/C19H29F2N3O2.HI/c1-3-22-19(24(2)9-10-25-13-15-7-8-15)23-12-16-5-4-6-17(11-16)26-14-18(20)21;/h4-6,11,15,18H,3,7-10,12-14H2,1-2H3,(H,22,23);1H. The Hall–Kier alpha value is -1.16. The van der Waals surface area contributed by atoms with E-state index in [4.69, 9.17) is 9.47 Å². The van der Waals surface area contributed by atoms with E-state index < -0.39 is 13.0 Å². The fraction of sp³-hybridized carbons (Fsp3) is 0.632. The molecule has 0 radical (unpaired) electrons. The van der Waals surface area contributed by atoms with Crippen LogP contribution in [0.2, 0.25) is 0 Å². The van der Waals surface area contributed by atoms with Gasteiger partial charge in [-0.1, -0.05) is 12.1 Å². The number of benzene rings is 1. The third-order valence-corrected chi connectivity index (χ3v) is 4.00. The predicted octanol–water partition coefficient (Wildman–Crippen LogP) is 3.77. The molecule has 1 aromatic rings. The molecule has 0 aliphatic heterocycles. The van der Waals surface area contributed by atoms with Crippen molar-refractivity contribution in [1.82, 2.24) is 10.2 Å². The zero-order valence-corrected chi connectivity index (χ0v) is 18.3. The molecular formula is C19H30F2IN3O2. The van der Waals surface area contributed by atoms with Crippen molar-refractivity contribution in [3.8, 4) is 5.75 Å². The van der Waals surface area contributed by atoms with Gasteiger partial charge in [0.1, 0.15) is 12.4 Å². The van der Waals surface area contributed by atoms with Crippen LogP contribution in [0.15, 0.2) is 29.3 Å². The van der Waals surface area contributed by atoms with Crippen LogP contribution in [0.4, 0.5) is 8.78 Å². The molecule has 0 aromatic heterocycles. The van der Waals surface area contributed by atoms with Crippen molar-refractivity contribution in [3.05, 3.63) is 29.8 Å². The van der Waals surface area contributed by atoms with Crippen molar-refractivity contribution in [2.75, 3.05) is 40.0 Å². The second kappa shape index (κ2) is 13.1. The van der Waals surface area contributed by atoms with Crippen molar-refractivity contribution < 1.29 is 18.3 Å². The number of likely N-dealkylation sites (N-methyl/N-ethyl adjacent to an activating group) is 1. The number of nitrogens with zero attached hydrogens (tertiary/aromatic N) is 2. The number of rotatable bonds is 11. The molecule has 0 saturated heterocycles. The van der Waals surface area contributed by atoms with Gasteiger partial charge in [-0.25, -0.2) is 13.8 Å². The summed E-state index contributed by atoms with van der Waals surface area (Å²) in [5.41, 5.74) is 0.908. The molecule has 2 rings (SSSR count). The van der Waals surface area contributed by atoms with Gasteiger partial charge in [0.2, 0.25) is 0 Å². The lowest BCUT2D eigenvalue weighted by Gasteiger charge is -2.22. The SMILES string of the molecule is CCNC(=NCc1cccc(OCC(F)F)c1)N(C)CCOCC1CC1.I. The molecule has 0 atom stereocenters. The van der Waals surface area contributed by atoms with Gasteiger partial charge in [0, 0.05) is 26.7 Å². The predicted molar refractivity (Wildman–Crippen MR) is 114 cm³/mol. The van der Waals surface area contributed by atoms with E-state index in [0.717, 1.165) is 37.1 Å². The number of guanidine groups is 1. The summed E-state index contributed by atoms with van der Waals surface area (Å²) in [7, 11) is 1.98. The Kier molecular flexibility index (Phi) is 11.6. The highest BCUT2D eigenvalue weighted by Crippen LogP contribution is 2.28. The number of aliphatic imine (C=N–C) groups is 1. The molecule has 1 saturated carbocycles. The Balaban J connectivity index is 0.00000364. The molecule has 0 spiro atoms. The third kappa shape index (κ3) is 10.1. The van der Waals surface area contributed by atoms with Crippen LogP contribution in [0.3, 0.4) is 0 Å². The molecule has 27 heavy (non-hydrogen) atoms. The highest BCUT2D eigenvalue weighted by Gasteiger charge is 2.21. The van der Waals surface area contributed by atoms with Gasteiger partial charge in [-0.3, -0.25) is 0 Å². The second-order valence-corrected chi connectivity index (χ2v) is 6.46. The number of nitrogens with one attached hydrogen (secondary N) is 1. The lowest BCUT2D eigenvalue weighted by Crippen LogP contribution is -2.40. The molecular weight excluding hydrogens is 467 g/mol. The number of halogens is 3. The Bertz CT molecular complexity index is 572. The number of hydrogen-bond acceptors (Lipinski definition) is 3. The maximum atomic E-state index is 12.3. The normalized spacial score (nSPS) is 14.0. The lowest BCUT2D eigenvalue weighted by molar-refractivity contribution is 0.0818. The van der Waals surface area contributed by atoms with Crippen molar-refractivity contribution in [2.24, 2.45) is 10.9 Å². The third-order valence-electron chi connectivity index (χ3n) is 4.00. The topological polar surface area (TPSA) is 46.1 Å². The van der Waals surface area contributed by atoms with E-state index in [1.807, 2.05) is 24.9 Å². The first-order valence-corrected chi connectivity index (χ1v) is 9.15. The highest BCUT2D eigenvalue weighted by atomic mass is 127. The summed E-state index contributed by atoms with van der Waals surface area (Å²) in [6.07, 6.45) is 0.105. The first kappa shape index (κ1) is 23.9. The van der Waals surface area contributed by atoms with Crippen molar-refractivity contribution >= 4 is 29.9 Å². The van der Waals surface area contributed by atoms with E-state index in [1.165, 1.54) is 12.8 Å². The Morgan fingerprint density at radius 3 is 2.81 bits per heavy atom. The molecule has 0 heterocycles. The van der Waals surface area contributed by atoms with Gasteiger partial charge in [-0.2, -0.15) is 0 Å². The molecule has 8 heteroatoms. The zero-order chi connectivity index (χ0) is 18.8. The van der Waals surface area contributed by atoms with Crippen LogP contribution in [0, 0.1) is 5.92 Å². The Labute approximate surface area is 177 Å². The van der Waals surface area contributed by atoms with Gasteiger partial charge in [-0.05, 0) is 43.4 Å². The smallest absolute Gasteiger partial charge is 0.272 e. The van der Waals surface area contributed by atoms with E-state index in [2.05, 4.69) is 10.3 Å². The molecule has 1 aliphatic carbocycles. The van der Waals surface area contributed by atoms with E-state index in [9.17, 15) is 8.78 Å². The van der Waals surface area contributed by atoms with E-state index in [0.29, 0.717) is 18.9 Å². The lowest BCUT2D eigenvalue weighted by atomic mass is 10.2. The summed E-state index contributed by atoms with van der Waals surface area (Å²) in [6.45, 7) is 4.92. The summed E-state index contributed by atoms with van der Waals surface area (Å²) < 4.78 is 35.2.